The Bertz CT molecular complexity index is 793. The number of esters is 1. The van der Waals surface area contributed by atoms with E-state index in [0.717, 1.165) is 16.9 Å². The van der Waals surface area contributed by atoms with Gasteiger partial charge in [-0.2, -0.15) is 0 Å². The number of benzene rings is 1. The minimum Gasteiger partial charge on any atom is -0.459 e. The second kappa shape index (κ2) is 6.93. The van der Waals surface area contributed by atoms with Crippen molar-refractivity contribution in [1.29, 1.82) is 0 Å². The van der Waals surface area contributed by atoms with Crippen LogP contribution in [0, 0.1) is 0 Å². The maximum absolute atomic E-state index is 12.0. The van der Waals surface area contributed by atoms with Crippen LogP contribution in [0.25, 0.3) is 0 Å². The number of hydrogen-bond donors (Lipinski definition) is 1. The van der Waals surface area contributed by atoms with Crippen molar-refractivity contribution >= 4 is 28.2 Å². The first-order valence-corrected chi connectivity index (χ1v) is 7.70. The Hall–Kier alpha value is -2.86. The molecule has 3 rings (SSSR count). The molecule has 2 aromatic heterocycles. The maximum Gasteiger partial charge on any atom is 0.348 e. The number of nitrogens with one attached hydrogen (secondary N) is 1. The van der Waals surface area contributed by atoms with E-state index in [-0.39, 0.29) is 18.3 Å². The molecular formula is C17H13NO4S. The molecule has 0 saturated heterocycles. The fraction of sp³-hybridized carbons (Fsp3) is 0.0588. The summed E-state index contributed by atoms with van der Waals surface area (Å²) in [6.45, 7) is 0.214. The number of rotatable bonds is 5. The topological polar surface area (TPSA) is 68.5 Å². The Morgan fingerprint density at radius 1 is 1.04 bits per heavy atom. The smallest absolute Gasteiger partial charge is 0.348 e. The van der Waals surface area contributed by atoms with Crippen molar-refractivity contribution in [3.8, 4) is 0 Å². The third kappa shape index (κ3) is 3.87. The molecule has 6 heteroatoms. The highest BCUT2D eigenvalue weighted by Crippen LogP contribution is 2.23. The summed E-state index contributed by atoms with van der Waals surface area (Å²) in [5, 5.41) is 3.23. The van der Waals surface area contributed by atoms with E-state index in [0.29, 0.717) is 9.88 Å². The molecule has 116 valence electrons. The lowest BCUT2D eigenvalue weighted by atomic mass is 10.2. The van der Waals surface area contributed by atoms with Gasteiger partial charge in [0.05, 0.1) is 11.3 Å². The van der Waals surface area contributed by atoms with Crippen LogP contribution in [0.5, 0.6) is 0 Å². The van der Waals surface area contributed by atoms with Gasteiger partial charge < -0.3 is 14.5 Å². The van der Waals surface area contributed by atoms with E-state index >= 15 is 0 Å². The first kappa shape index (κ1) is 15.1. The standard InChI is InChI=1S/C17H13NO4S/c19-16(13-7-4-10-21-13)18-15-9-8-14(23-15)17(20)22-11-12-5-2-1-3-6-12/h1-10H,11H2,(H,18,19). The summed E-state index contributed by atoms with van der Waals surface area (Å²) in [7, 11) is 0. The zero-order chi connectivity index (χ0) is 16.1. The third-order valence-electron chi connectivity index (χ3n) is 3.00. The van der Waals surface area contributed by atoms with E-state index in [2.05, 4.69) is 5.32 Å². The van der Waals surface area contributed by atoms with Crippen molar-refractivity contribution in [2.75, 3.05) is 5.32 Å². The fourth-order valence-corrected chi connectivity index (χ4v) is 2.69. The first-order chi connectivity index (χ1) is 11.2. The van der Waals surface area contributed by atoms with Gasteiger partial charge >= 0.3 is 5.97 Å². The van der Waals surface area contributed by atoms with Crippen LogP contribution in [0.4, 0.5) is 5.00 Å². The molecule has 23 heavy (non-hydrogen) atoms. The van der Waals surface area contributed by atoms with Crippen LogP contribution in [0.2, 0.25) is 0 Å². The van der Waals surface area contributed by atoms with Crippen LogP contribution >= 0.6 is 11.3 Å². The number of furan rings is 1. The third-order valence-corrected chi connectivity index (χ3v) is 3.98. The van der Waals surface area contributed by atoms with E-state index in [4.69, 9.17) is 9.15 Å². The molecule has 0 aliphatic rings. The first-order valence-electron chi connectivity index (χ1n) is 6.88. The number of carbonyl (C=O) groups is 2. The summed E-state index contributed by atoms with van der Waals surface area (Å²) in [6.07, 6.45) is 1.43. The second-order valence-electron chi connectivity index (χ2n) is 4.66. The highest BCUT2D eigenvalue weighted by molar-refractivity contribution is 7.18. The van der Waals surface area contributed by atoms with Crippen molar-refractivity contribution in [3.05, 3.63) is 77.1 Å². The summed E-state index contributed by atoms with van der Waals surface area (Å²) in [6, 6.07) is 15.9. The molecule has 0 atom stereocenters. The summed E-state index contributed by atoms with van der Waals surface area (Å²) in [5.41, 5.74) is 0.920. The Morgan fingerprint density at radius 2 is 1.87 bits per heavy atom. The van der Waals surface area contributed by atoms with E-state index in [1.807, 2.05) is 30.3 Å². The van der Waals surface area contributed by atoms with Gasteiger partial charge in [0.15, 0.2) is 5.76 Å². The van der Waals surface area contributed by atoms with Crippen LogP contribution < -0.4 is 5.32 Å². The van der Waals surface area contributed by atoms with Crippen LogP contribution in [0.1, 0.15) is 25.8 Å². The lowest BCUT2D eigenvalue weighted by Crippen LogP contribution is -2.09. The van der Waals surface area contributed by atoms with Crippen molar-refractivity contribution in [3.63, 3.8) is 0 Å². The number of amides is 1. The molecule has 3 aromatic rings. The van der Waals surface area contributed by atoms with Crippen molar-refractivity contribution in [2.45, 2.75) is 6.61 Å². The molecule has 0 radical (unpaired) electrons. The largest absolute Gasteiger partial charge is 0.459 e. The van der Waals surface area contributed by atoms with Gasteiger partial charge in [-0.1, -0.05) is 30.3 Å². The lowest BCUT2D eigenvalue weighted by molar-refractivity contribution is 0.0478. The van der Waals surface area contributed by atoms with Crippen molar-refractivity contribution in [1.82, 2.24) is 0 Å². The summed E-state index contributed by atoms with van der Waals surface area (Å²) in [5.74, 6) is -0.565. The molecule has 0 aliphatic carbocycles. The number of hydrogen-bond acceptors (Lipinski definition) is 5. The molecule has 5 nitrogen and oxygen atoms in total. The number of carbonyl (C=O) groups excluding carboxylic acids is 2. The quantitative estimate of drug-likeness (QED) is 0.720. The summed E-state index contributed by atoms with van der Waals surface area (Å²) < 4.78 is 10.3. The molecular weight excluding hydrogens is 314 g/mol. The normalized spacial score (nSPS) is 10.3. The Labute approximate surface area is 136 Å². The predicted octanol–water partition coefficient (Wildman–Crippen LogP) is 3.95. The molecule has 0 saturated carbocycles. The lowest BCUT2D eigenvalue weighted by Gasteiger charge is -2.03. The van der Waals surface area contributed by atoms with Crippen molar-refractivity contribution in [2.24, 2.45) is 0 Å². The average molecular weight is 327 g/mol. The molecule has 1 amide bonds. The minimum absolute atomic E-state index is 0.214. The van der Waals surface area contributed by atoms with Gasteiger partial charge in [-0.25, -0.2) is 4.79 Å². The summed E-state index contributed by atoms with van der Waals surface area (Å²) >= 11 is 1.15. The van der Waals surface area contributed by atoms with Gasteiger partial charge in [0, 0.05) is 0 Å². The maximum atomic E-state index is 12.0. The van der Waals surface area contributed by atoms with E-state index in [1.54, 1.807) is 24.3 Å². The highest BCUT2D eigenvalue weighted by atomic mass is 32.1. The molecule has 0 spiro atoms. The van der Waals surface area contributed by atoms with Gasteiger partial charge in [0.2, 0.25) is 0 Å². The van der Waals surface area contributed by atoms with E-state index in [1.165, 1.54) is 6.26 Å². The van der Waals surface area contributed by atoms with Gasteiger partial charge in [-0.15, -0.1) is 11.3 Å². The predicted molar refractivity (Wildman–Crippen MR) is 86.5 cm³/mol. The highest BCUT2D eigenvalue weighted by Gasteiger charge is 2.14. The van der Waals surface area contributed by atoms with Gasteiger partial charge in [-0.05, 0) is 29.8 Å². The molecule has 1 N–H and O–H groups in total. The number of ether oxygens (including phenoxy) is 1. The van der Waals surface area contributed by atoms with Gasteiger partial charge in [-0.3, -0.25) is 4.79 Å². The Morgan fingerprint density at radius 3 is 2.61 bits per heavy atom. The monoisotopic (exact) mass is 327 g/mol. The zero-order valence-corrected chi connectivity index (χ0v) is 12.8. The minimum atomic E-state index is -0.419. The van der Waals surface area contributed by atoms with Gasteiger partial charge in [0.25, 0.3) is 5.91 Å². The van der Waals surface area contributed by atoms with Crippen LogP contribution in [0.15, 0.2) is 65.3 Å². The average Bonchev–Trinajstić information content (AvgIpc) is 3.25. The van der Waals surface area contributed by atoms with Crippen LogP contribution in [-0.2, 0) is 11.3 Å². The van der Waals surface area contributed by atoms with Crippen LogP contribution in [-0.4, -0.2) is 11.9 Å². The summed E-state index contributed by atoms with van der Waals surface area (Å²) in [4.78, 5) is 24.3. The molecule has 0 fully saturated rings. The molecule has 0 bridgehead atoms. The molecule has 0 aliphatic heterocycles. The Kier molecular flexibility index (Phi) is 4.54. The number of anilines is 1. The zero-order valence-electron chi connectivity index (χ0n) is 12.0. The molecule has 1 aromatic carbocycles. The number of thiophene rings is 1. The molecule has 2 heterocycles. The Balaban J connectivity index is 1.58. The van der Waals surface area contributed by atoms with Crippen molar-refractivity contribution < 1.29 is 18.7 Å². The van der Waals surface area contributed by atoms with E-state index < -0.39 is 5.97 Å². The molecule has 0 unspecified atom stereocenters. The second-order valence-corrected chi connectivity index (χ2v) is 5.74. The van der Waals surface area contributed by atoms with Gasteiger partial charge in [0.1, 0.15) is 11.5 Å². The fourth-order valence-electron chi connectivity index (χ4n) is 1.89. The van der Waals surface area contributed by atoms with Crippen LogP contribution in [0.3, 0.4) is 0 Å². The van der Waals surface area contributed by atoms with E-state index in [9.17, 15) is 9.59 Å². The SMILES string of the molecule is O=C(Nc1ccc(C(=O)OCc2ccccc2)s1)c1ccco1.